The number of thioether (sulfide) groups is 1. The zero-order chi connectivity index (χ0) is 20.6. The number of carbonyl (C=O) groups is 1. The van der Waals surface area contributed by atoms with Crippen LogP contribution in [-0.4, -0.2) is 66.8 Å². The molecule has 3 rings (SSSR count). The van der Waals surface area contributed by atoms with Crippen molar-refractivity contribution >= 4 is 29.0 Å². The molecule has 1 aromatic heterocycles. The average Bonchev–Trinajstić information content (AvgIpc) is 3.16. The van der Waals surface area contributed by atoms with Gasteiger partial charge in [0.2, 0.25) is 5.91 Å². The third-order valence-electron chi connectivity index (χ3n) is 4.98. The number of methoxy groups -OCH3 is 2. The summed E-state index contributed by atoms with van der Waals surface area (Å²) in [6.45, 7) is 6.12. The van der Waals surface area contributed by atoms with Crippen molar-refractivity contribution in [1.29, 1.82) is 0 Å². The van der Waals surface area contributed by atoms with Gasteiger partial charge in [0.15, 0.2) is 0 Å². The van der Waals surface area contributed by atoms with E-state index in [4.69, 9.17) is 9.47 Å². The summed E-state index contributed by atoms with van der Waals surface area (Å²) in [6.07, 6.45) is 0.595. The number of benzene rings is 1. The van der Waals surface area contributed by atoms with Crippen molar-refractivity contribution in [3.63, 3.8) is 0 Å². The largest absolute Gasteiger partial charge is 0.497 e. The van der Waals surface area contributed by atoms with Gasteiger partial charge in [-0.05, 0) is 25.1 Å². The van der Waals surface area contributed by atoms with Crippen LogP contribution in [0.25, 0.3) is 0 Å². The van der Waals surface area contributed by atoms with Crippen LogP contribution in [0.1, 0.15) is 22.7 Å². The van der Waals surface area contributed by atoms with Crippen LogP contribution >= 0.6 is 23.1 Å². The Kier molecular flexibility index (Phi) is 8.20. The van der Waals surface area contributed by atoms with E-state index in [0.717, 1.165) is 72.0 Å². The minimum atomic E-state index is 0.255. The molecular weight excluding hydrogens is 406 g/mol. The van der Waals surface area contributed by atoms with Gasteiger partial charge in [0.05, 0.1) is 24.9 Å². The van der Waals surface area contributed by atoms with Crippen LogP contribution in [-0.2, 0) is 17.1 Å². The average molecular weight is 436 g/mol. The van der Waals surface area contributed by atoms with Crippen molar-refractivity contribution in [2.45, 2.75) is 25.6 Å². The molecule has 0 atom stereocenters. The number of nitrogens with zero attached hydrogens (tertiary/aromatic N) is 3. The third-order valence-corrected chi connectivity index (χ3v) is 6.80. The molecule has 0 bridgehead atoms. The van der Waals surface area contributed by atoms with Gasteiger partial charge in [0, 0.05) is 61.6 Å². The highest BCUT2D eigenvalue weighted by atomic mass is 32.2. The summed E-state index contributed by atoms with van der Waals surface area (Å²) in [5.74, 6) is 3.69. The van der Waals surface area contributed by atoms with Gasteiger partial charge >= 0.3 is 0 Å². The maximum absolute atomic E-state index is 12.5. The van der Waals surface area contributed by atoms with Crippen molar-refractivity contribution < 1.29 is 14.3 Å². The summed E-state index contributed by atoms with van der Waals surface area (Å²) >= 11 is 3.46. The van der Waals surface area contributed by atoms with Crippen LogP contribution in [0.15, 0.2) is 23.6 Å². The number of amides is 1. The molecule has 0 N–H and O–H groups in total. The van der Waals surface area contributed by atoms with Gasteiger partial charge in [-0.2, -0.15) is 11.8 Å². The number of hydrogen-bond donors (Lipinski definition) is 0. The highest BCUT2D eigenvalue weighted by Gasteiger charge is 2.21. The smallest absolute Gasteiger partial charge is 0.223 e. The van der Waals surface area contributed by atoms with E-state index < -0.39 is 0 Å². The second kappa shape index (κ2) is 10.8. The van der Waals surface area contributed by atoms with E-state index >= 15 is 0 Å². The molecule has 1 aromatic carbocycles. The molecule has 0 saturated carbocycles. The van der Waals surface area contributed by atoms with Crippen LogP contribution in [0.2, 0.25) is 0 Å². The monoisotopic (exact) mass is 435 g/mol. The summed E-state index contributed by atoms with van der Waals surface area (Å²) in [6, 6.07) is 5.88. The number of piperazine rings is 1. The molecule has 0 aliphatic carbocycles. The predicted octanol–water partition coefficient (Wildman–Crippen LogP) is 3.44. The minimum absolute atomic E-state index is 0.255. The first-order chi connectivity index (χ1) is 14.1. The number of aryl methyl sites for hydroxylation is 1. The van der Waals surface area contributed by atoms with Crippen LogP contribution in [0.3, 0.4) is 0 Å². The van der Waals surface area contributed by atoms with Crippen molar-refractivity contribution in [3.8, 4) is 11.5 Å². The molecule has 29 heavy (non-hydrogen) atoms. The summed E-state index contributed by atoms with van der Waals surface area (Å²) in [7, 11) is 3.36. The molecule has 1 aliphatic heterocycles. The Morgan fingerprint density at radius 2 is 2.00 bits per heavy atom. The van der Waals surface area contributed by atoms with Gasteiger partial charge in [-0.15, -0.1) is 11.3 Å². The SMILES string of the molecule is COc1ccc(OC)c(CN2CCN(C(=O)CCSCc3csc(C)n3)CC2)c1. The normalized spacial score (nSPS) is 14.8. The van der Waals surface area contributed by atoms with Gasteiger partial charge < -0.3 is 14.4 Å². The topological polar surface area (TPSA) is 54.9 Å². The molecule has 0 radical (unpaired) electrons. The Hall–Kier alpha value is -1.77. The highest BCUT2D eigenvalue weighted by Crippen LogP contribution is 2.25. The molecule has 0 unspecified atom stereocenters. The zero-order valence-electron chi connectivity index (χ0n) is 17.3. The number of carbonyl (C=O) groups excluding carboxylic acids is 1. The molecule has 1 saturated heterocycles. The Balaban J connectivity index is 1.40. The Morgan fingerprint density at radius 3 is 2.66 bits per heavy atom. The first kappa shape index (κ1) is 21.9. The lowest BCUT2D eigenvalue weighted by Gasteiger charge is -2.35. The first-order valence-electron chi connectivity index (χ1n) is 9.79. The van der Waals surface area contributed by atoms with Gasteiger partial charge in [0.25, 0.3) is 0 Å². The summed E-state index contributed by atoms with van der Waals surface area (Å²) in [4.78, 5) is 21.3. The number of ether oxygens (including phenoxy) is 2. The van der Waals surface area contributed by atoms with Crippen LogP contribution in [0, 0.1) is 6.92 Å². The van der Waals surface area contributed by atoms with Crippen molar-refractivity contribution in [3.05, 3.63) is 39.8 Å². The molecule has 1 aliphatic rings. The van der Waals surface area contributed by atoms with E-state index in [2.05, 4.69) is 15.3 Å². The van der Waals surface area contributed by atoms with Gasteiger partial charge in [0.1, 0.15) is 11.5 Å². The lowest BCUT2D eigenvalue weighted by atomic mass is 10.1. The zero-order valence-corrected chi connectivity index (χ0v) is 19.0. The standard InChI is InChI=1S/C21H29N3O3S2/c1-16-22-18(15-29-16)14-28-11-6-21(25)24-9-7-23(8-10-24)13-17-12-19(26-2)4-5-20(17)27-3/h4-5,12,15H,6-11,13-14H2,1-3H3. The highest BCUT2D eigenvalue weighted by molar-refractivity contribution is 7.98. The molecule has 0 spiro atoms. The maximum atomic E-state index is 12.5. The minimum Gasteiger partial charge on any atom is -0.497 e. The molecule has 1 fully saturated rings. The van der Waals surface area contributed by atoms with Crippen LogP contribution < -0.4 is 9.47 Å². The molecular formula is C21H29N3O3S2. The summed E-state index contributed by atoms with van der Waals surface area (Å²) < 4.78 is 10.8. The van der Waals surface area contributed by atoms with Crippen molar-refractivity contribution in [2.24, 2.45) is 0 Å². The van der Waals surface area contributed by atoms with E-state index in [1.807, 2.05) is 30.0 Å². The van der Waals surface area contributed by atoms with E-state index in [0.29, 0.717) is 6.42 Å². The third kappa shape index (κ3) is 6.35. The number of rotatable bonds is 9. The van der Waals surface area contributed by atoms with Crippen LogP contribution in [0.4, 0.5) is 0 Å². The Bertz CT molecular complexity index is 804. The summed E-state index contributed by atoms with van der Waals surface area (Å²) in [5.41, 5.74) is 2.23. The molecule has 2 heterocycles. The summed E-state index contributed by atoms with van der Waals surface area (Å²) in [5, 5.41) is 3.20. The van der Waals surface area contributed by atoms with E-state index in [1.54, 1.807) is 37.3 Å². The first-order valence-corrected chi connectivity index (χ1v) is 11.8. The van der Waals surface area contributed by atoms with Crippen LogP contribution in [0.5, 0.6) is 11.5 Å². The number of thiazole rings is 1. The number of hydrogen-bond acceptors (Lipinski definition) is 7. The predicted molar refractivity (Wildman–Crippen MR) is 119 cm³/mol. The Morgan fingerprint density at radius 1 is 1.21 bits per heavy atom. The lowest BCUT2D eigenvalue weighted by Crippen LogP contribution is -2.48. The fraction of sp³-hybridized carbons (Fsp3) is 0.524. The Labute approximate surface area is 181 Å². The van der Waals surface area contributed by atoms with Gasteiger partial charge in [-0.3, -0.25) is 9.69 Å². The van der Waals surface area contributed by atoms with E-state index in [1.165, 1.54) is 0 Å². The maximum Gasteiger partial charge on any atom is 0.223 e. The van der Waals surface area contributed by atoms with Gasteiger partial charge in [-0.25, -0.2) is 4.98 Å². The van der Waals surface area contributed by atoms with Crippen molar-refractivity contribution in [1.82, 2.24) is 14.8 Å². The van der Waals surface area contributed by atoms with E-state index in [9.17, 15) is 4.79 Å². The number of aromatic nitrogens is 1. The lowest BCUT2D eigenvalue weighted by molar-refractivity contribution is -0.132. The molecule has 158 valence electrons. The van der Waals surface area contributed by atoms with E-state index in [-0.39, 0.29) is 5.91 Å². The van der Waals surface area contributed by atoms with Gasteiger partial charge in [-0.1, -0.05) is 0 Å². The fourth-order valence-corrected chi connectivity index (χ4v) is 4.91. The fourth-order valence-electron chi connectivity index (χ4n) is 3.37. The second-order valence-electron chi connectivity index (χ2n) is 7.00. The quantitative estimate of drug-likeness (QED) is 0.563. The molecule has 6 nitrogen and oxygen atoms in total. The molecule has 2 aromatic rings. The molecule has 1 amide bonds. The van der Waals surface area contributed by atoms with Crippen molar-refractivity contribution in [2.75, 3.05) is 46.2 Å². The molecule has 8 heteroatoms. The second-order valence-corrected chi connectivity index (χ2v) is 9.16.